The lowest BCUT2D eigenvalue weighted by atomic mass is 10.0. The van der Waals surface area contributed by atoms with Crippen LogP contribution in [-0.4, -0.2) is 26.0 Å². The van der Waals surface area contributed by atoms with Crippen LogP contribution in [0.4, 0.5) is 5.69 Å². The molecule has 5 rings (SSSR count). The Morgan fingerprint density at radius 1 is 1.00 bits per heavy atom. The van der Waals surface area contributed by atoms with E-state index in [0.29, 0.717) is 16.0 Å². The first-order chi connectivity index (χ1) is 16.0. The fourth-order valence-corrected chi connectivity index (χ4v) is 4.99. The van der Waals surface area contributed by atoms with Gasteiger partial charge < -0.3 is 10.7 Å². The van der Waals surface area contributed by atoms with Crippen LogP contribution in [0.3, 0.4) is 0 Å². The summed E-state index contributed by atoms with van der Waals surface area (Å²) in [5.41, 5.74) is 8.46. The number of hydrogen-bond acceptors (Lipinski definition) is 5. The van der Waals surface area contributed by atoms with Gasteiger partial charge in [-0.25, -0.2) is 4.68 Å². The summed E-state index contributed by atoms with van der Waals surface area (Å²) in [7, 11) is 0. The lowest BCUT2D eigenvalue weighted by Gasteiger charge is -2.33. The Morgan fingerprint density at radius 2 is 1.76 bits per heavy atom. The number of hydrogen-bond donors (Lipinski definition) is 2. The van der Waals surface area contributed by atoms with Crippen molar-refractivity contribution < 1.29 is 4.79 Å². The van der Waals surface area contributed by atoms with Crippen molar-refractivity contribution in [2.75, 3.05) is 10.7 Å². The molecule has 2 heterocycles. The van der Waals surface area contributed by atoms with Gasteiger partial charge in [-0.05, 0) is 54.8 Å². The Hall–Kier alpha value is -3.29. The molecular formula is C25H22ClN5OS. The zero-order valence-electron chi connectivity index (χ0n) is 18.1. The third-order valence-electron chi connectivity index (χ3n) is 5.73. The summed E-state index contributed by atoms with van der Waals surface area (Å²) in [5, 5.41) is 12.6. The molecule has 1 aromatic heterocycles. The minimum atomic E-state index is -0.465. The van der Waals surface area contributed by atoms with Gasteiger partial charge in [-0.1, -0.05) is 71.9 Å². The number of aromatic nitrogens is 3. The molecule has 4 aromatic rings. The van der Waals surface area contributed by atoms with Crippen molar-refractivity contribution >= 4 is 35.0 Å². The normalized spacial score (nSPS) is 17.2. The molecule has 0 unspecified atom stereocenters. The number of rotatable bonds is 4. The monoisotopic (exact) mass is 475 g/mol. The van der Waals surface area contributed by atoms with Crippen LogP contribution < -0.4 is 10.7 Å². The fourth-order valence-electron chi connectivity index (χ4n) is 3.78. The van der Waals surface area contributed by atoms with E-state index in [1.807, 2.05) is 84.4 Å². The summed E-state index contributed by atoms with van der Waals surface area (Å²) in [4.78, 5) is 13.4. The largest absolute Gasteiger partial charge is 0.325 e. The quantitative estimate of drug-likeness (QED) is 0.401. The van der Waals surface area contributed by atoms with E-state index in [2.05, 4.69) is 27.9 Å². The van der Waals surface area contributed by atoms with Gasteiger partial charge in [-0.2, -0.15) is 0 Å². The number of nitrogens with zero attached hydrogens (tertiary/aromatic N) is 3. The first-order valence-corrected chi connectivity index (χ1v) is 11.8. The molecule has 0 bridgehead atoms. The van der Waals surface area contributed by atoms with Crippen LogP contribution in [-0.2, 0) is 4.79 Å². The maximum atomic E-state index is 13.4. The van der Waals surface area contributed by atoms with E-state index in [0.717, 1.165) is 22.4 Å². The van der Waals surface area contributed by atoms with E-state index in [4.69, 9.17) is 11.6 Å². The van der Waals surface area contributed by atoms with Crippen molar-refractivity contribution in [1.82, 2.24) is 14.9 Å². The summed E-state index contributed by atoms with van der Waals surface area (Å²) in [5.74, 6) is 0.594. The first-order valence-electron chi connectivity index (χ1n) is 10.6. The van der Waals surface area contributed by atoms with Crippen molar-refractivity contribution in [2.45, 2.75) is 30.3 Å². The van der Waals surface area contributed by atoms with Gasteiger partial charge in [-0.15, -0.1) is 10.2 Å². The number of fused-ring (bicyclic) bond motifs is 1. The van der Waals surface area contributed by atoms with Crippen molar-refractivity contribution in [1.29, 1.82) is 0 Å². The smallest absolute Gasteiger partial charge is 0.240 e. The summed E-state index contributed by atoms with van der Waals surface area (Å²) < 4.78 is 1.86. The highest BCUT2D eigenvalue weighted by molar-refractivity contribution is 8.00. The molecule has 1 aliphatic rings. The maximum Gasteiger partial charge on any atom is 0.240 e. The molecule has 0 saturated carbocycles. The molecule has 8 heteroatoms. The molecule has 166 valence electrons. The second kappa shape index (κ2) is 8.92. The molecule has 0 saturated heterocycles. The maximum absolute atomic E-state index is 13.4. The highest BCUT2D eigenvalue weighted by Crippen LogP contribution is 2.39. The van der Waals surface area contributed by atoms with E-state index in [1.54, 1.807) is 0 Å². The molecular weight excluding hydrogens is 454 g/mol. The topological polar surface area (TPSA) is 71.8 Å². The average Bonchev–Trinajstić information content (AvgIpc) is 3.25. The number of benzene rings is 3. The van der Waals surface area contributed by atoms with E-state index in [1.165, 1.54) is 17.3 Å². The molecule has 0 fully saturated rings. The number of aryl methyl sites for hydroxylation is 2. The highest BCUT2D eigenvalue weighted by Gasteiger charge is 2.38. The lowest BCUT2D eigenvalue weighted by Crippen LogP contribution is -2.41. The summed E-state index contributed by atoms with van der Waals surface area (Å²) in [6.45, 7) is 4.08. The molecule has 2 atom stereocenters. The number of nitrogens with one attached hydrogen (secondary N) is 2. The summed E-state index contributed by atoms with van der Waals surface area (Å²) in [6, 6.07) is 23.0. The standard InChI is InChI=1S/C25H22ClN5OS/c1-15-8-13-20(14-16(15)2)27-24(32)22-21(17-9-11-19(26)12-10-17)30-31-23(28-29-25(31)33-22)18-6-4-3-5-7-18/h3-14,21-22,30H,1-2H3,(H,27,32)/t21-,22-/m0/s1. The molecule has 33 heavy (non-hydrogen) atoms. The van der Waals surface area contributed by atoms with Crippen molar-refractivity contribution in [3.63, 3.8) is 0 Å². The third-order valence-corrected chi connectivity index (χ3v) is 7.20. The predicted octanol–water partition coefficient (Wildman–Crippen LogP) is 5.61. The van der Waals surface area contributed by atoms with Crippen LogP contribution in [0.15, 0.2) is 78.0 Å². The predicted molar refractivity (Wildman–Crippen MR) is 133 cm³/mol. The van der Waals surface area contributed by atoms with Crippen molar-refractivity contribution in [3.8, 4) is 11.4 Å². The Kier molecular flexibility index (Phi) is 5.83. The van der Waals surface area contributed by atoms with Crippen molar-refractivity contribution in [3.05, 3.63) is 94.5 Å². The number of amides is 1. The second-order valence-electron chi connectivity index (χ2n) is 7.99. The fraction of sp³-hybridized carbons (Fsp3) is 0.160. The highest BCUT2D eigenvalue weighted by atomic mass is 35.5. The average molecular weight is 476 g/mol. The number of halogens is 1. The van der Waals surface area contributed by atoms with Crippen molar-refractivity contribution in [2.24, 2.45) is 0 Å². The summed E-state index contributed by atoms with van der Waals surface area (Å²) >= 11 is 7.52. The molecule has 0 aliphatic carbocycles. The van der Waals surface area contributed by atoms with E-state index in [-0.39, 0.29) is 11.9 Å². The van der Waals surface area contributed by atoms with Gasteiger partial charge in [-0.3, -0.25) is 4.79 Å². The van der Waals surface area contributed by atoms with Crippen LogP contribution in [0.5, 0.6) is 0 Å². The summed E-state index contributed by atoms with van der Waals surface area (Å²) in [6.07, 6.45) is 0. The SMILES string of the molecule is Cc1ccc(NC(=O)[C@H]2Sc3nnc(-c4ccccc4)n3N[C@H]2c2ccc(Cl)cc2)cc1C. The van der Waals surface area contributed by atoms with E-state index in [9.17, 15) is 4.79 Å². The minimum absolute atomic E-state index is 0.105. The molecule has 0 radical (unpaired) electrons. The van der Waals surface area contributed by atoms with Crippen LogP contribution in [0.25, 0.3) is 11.4 Å². The number of anilines is 1. The molecule has 0 spiro atoms. The van der Waals surface area contributed by atoms with Crippen LogP contribution in [0, 0.1) is 13.8 Å². The molecule has 3 aromatic carbocycles. The van der Waals surface area contributed by atoms with E-state index < -0.39 is 5.25 Å². The molecule has 1 amide bonds. The Balaban J connectivity index is 1.50. The van der Waals surface area contributed by atoms with Gasteiger partial charge in [0.25, 0.3) is 0 Å². The Labute approximate surface area is 201 Å². The molecule has 2 N–H and O–H groups in total. The molecule has 1 aliphatic heterocycles. The Bertz CT molecular complexity index is 1310. The number of carbonyl (C=O) groups is 1. The van der Waals surface area contributed by atoms with Gasteiger partial charge >= 0.3 is 0 Å². The first kappa shape index (κ1) is 21.6. The van der Waals surface area contributed by atoms with Crippen LogP contribution in [0.2, 0.25) is 5.02 Å². The second-order valence-corrected chi connectivity index (χ2v) is 9.54. The van der Waals surface area contributed by atoms with E-state index >= 15 is 0 Å². The Morgan fingerprint density at radius 3 is 2.48 bits per heavy atom. The van der Waals surface area contributed by atoms with Gasteiger partial charge in [0.15, 0.2) is 5.82 Å². The van der Waals surface area contributed by atoms with Gasteiger partial charge in [0, 0.05) is 16.3 Å². The third kappa shape index (κ3) is 4.34. The van der Waals surface area contributed by atoms with Gasteiger partial charge in [0.2, 0.25) is 11.1 Å². The molecule has 6 nitrogen and oxygen atoms in total. The van der Waals surface area contributed by atoms with Gasteiger partial charge in [0.1, 0.15) is 5.25 Å². The zero-order valence-corrected chi connectivity index (χ0v) is 19.7. The number of thioether (sulfide) groups is 1. The minimum Gasteiger partial charge on any atom is -0.325 e. The zero-order chi connectivity index (χ0) is 22.9. The van der Waals surface area contributed by atoms with Gasteiger partial charge in [0.05, 0.1) is 6.04 Å². The number of carbonyl (C=O) groups excluding carboxylic acids is 1. The lowest BCUT2D eigenvalue weighted by molar-refractivity contribution is -0.116. The van der Waals surface area contributed by atoms with Crippen LogP contribution >= 0.6 is 23.4 Å². The van der Waals surface area contributed by atoms with Crippen LogP contribution in [0.1, 0.15) is 22.7 Å².